The first-order valence-electron chi connectivity index (χ1n) is 7.02. The third kappa shape index (κ3) is 3.55. The molecule has 24 heavy (non-hydrogen) atoms. The molecule has 4 N–H and O–H groups in total. The lowest BCUT2D eigenvalue weighted by Crippen LogP contribution is -2.27. The van der Waals surface area contributed by atoms with Crippen molar-refractivity contribution in [1.29, 1.82) is 0 Å². The Labute approximate surface area is 154 Å². The Kier molecular flexibility index (Phi) is 5.83. The normalized spacial score (nSPS) is 10.9. The number of carbonyl (C=O) groups is 2. The number of hydrogen-bond acceptors (Lipinski definition) is 5. The number of imidazole rings is 1. The van der Waals surface area contributed by atoms with E-state index in [1.807, 2.05) is 18.2 Å². The van der Waals surface area contributed by atoms with Crippen LogP contribution in [0.4, 0.5) is 5.82 Å². The summed E-state index contributed by atoms with van der Waals surface area (Å²) < 4.78 is 3.46. The standard InChI is InChI=1S/C14H16Br2N4O4/c1-6-11(15)7(2)20-13(17-5-9(21)19-24)8(3-4-10(22)23)18-14(20)12(6)16/h17,24H,3-5H2,1-2H3,(H,19,21)(H,22,23). The number of carboxylic acids is 1. The number of fused-ring (bicyclic) bond motifs is 1. The zero-order valence-electron chi connectivity index (χ0n) is 13.0. The van der Waals surface area contributed by atoms with E-state index >= 15 is 0 Å². The molecule has 0 bridgehead atoms. The molecule has 130 valence electrons. The van der Waals surface area contributed by atoms with Gasteiger partial charge in [-0.1, -0.05) is 0 Å². The van der Waals surface area contributed by atoms with E-state index in [-0.39, 0.29) is 19.4 Å². The van der Waals surface area contributed by atoms with Crippen LogP contribution in [-0.2, 0) is 16.0 Å². The first kappa shape index (κ1) is 18.7. The first-order valence-corrected chi connectivity index (χ1v) is 8.60. The molecule has 8 nitrogen and oxygen atoms in total. The van der Waals surface area contributed by atoms with E-state index in [2.05, 4.69) is 42.2 Å². The molecule has 2 aromatic heterocycles. The van der Waals surface area contributed by atoms with Crippen molar-refractivity contribution in [3.63, 3.8) is 0 Å². The van der Waals surface area contributed by atoms with E-state index in [1.54, 1.807) is 5.48 Å². The summed E-state index contributed by atoms with van der Waals surface area (Å²) >= 11 is 7.04. The molecule has 0 fully saturated rings. The third-order valence-electron chi connectivity index (χ3n) is 3.57. The van der Waals surface area contributed by atoms with Crippen molar-refractivity contribution in [2.75, 3.05) is 11.9 Å². The number of amides is 1. The van der Waals surface area contributed by atoms with Gasteiger partial charge in [-0.15, -0.1) is 0 Å². The molecule has 0 spiro atoms. The van der Waals surface area contributed by atoms with Crippen LogP contribution < -0.4 is 10.8 Å². The quantitative estimate of drug-likeness (QED) is 0.386. The predicted molar refractivity (Wildman–Crippen MR) is 94.4 cm³/mol. The van der Waals surface area contributed by atoms with Gasteiger partial charge in [0, 0.05) is 16.6 Å². The highest BCUT2D eigenvalue weighted by molar-refractivity contribution is 9.11. The average Bonchev–Trinajstić information content (AvgIpc) is 2.92. The SMILES string of the molecule is Cc1c(Br)c(C)n2c(NCC(=O)NO)c(CCC(=O)O)nc2c1Br. The number of carbonyl (C=O) groups excluding carboxylic acids is 1. The largest absolute Gasteiger partial charge is 0.481 e. The molecular weight excluding hydrogens is 448 g/mol. The molecule has 0 saturated carbocycles. The maximum absolute atomic E-state index is 11.3. The van der Waals surface area contributed by atoms with Crippen LogP contribution in [0.15, 0.2) is 8.95 Å². The molecule has 0 aliphatic rings. The zero-order chi connectivity index (χ0) is 18.0. The van der Waals surface area contributed by atoms with Crippen LogP contribution in [0.1, 0.15) is 23.4 Å². The van der Waals surface area contributed by atoms with Crippen molar-refractivity contribution < 1.29 is 19.9 Å². The van der Waals surface area contributed by atoms with E-state index in [0.29, 0.717) is 17.2 Å². The summed E-state index contributed by atoms with van der Waals surface area (Å²) in [7, 11) is 0. The summed E-state index contributed by atoms with van der Waals surface area (Å²) in [6.45, 7) is 3.64. The molecule has 0 unspecified atom stereocenters. The molecule has 0 aliphatic carbocycles. The number of rotatable bonds is 6. The molecule has 2 heterocycles. The molecule has 0 aromatic carbocycles. The van der Waals surface area contributed by atoms with Crippen molar-refractivity contribution >= 4 is 55.2 Å². The number of nitrogens with zero attached hydrogens (tertiary/aromatic N) is 2. The summed E-state index contributed by atoms with van der Waals surface area (Å²) in [5.41, 5.74) is 4.53. The third-order valence-corrected chi connectivity index (χ3v) is 5.69. The van der Waals surface area contributed by atoms with Crippen molar-refractivity contribution in [1.82, 2.24) is 14.9 Å². The Balaban J connectivity index is 2.61. The summed E-state index contributed by atoms with van der Waals surface area (Å²) in [4.78, 5) is 26.7. The van der Waals surface area contributed by atoms with Crippen LogP contribution in [0.3, 0.4) is 0 Å². The summed E-state index contributed by atoms with van der Waals surface area (Å²) in [5, 5.41) is 20.5. The van der Waals surface area contributed by atoms with Gasteiger partial charge < -0.3 is 10.4 Å². The van der Waals surface area contributed by atoms with Gasteiger partial charge in [0.05, 0.1) is 23.1 Å². The minimum absolute atomic E-state index is 0.0818. The molecule has 0 atom stereocenters. The van der Waals surface area contributed by atoms with Crippen LogP contribution in [-0.4, -0.2) is 38.1 Å². The predicted octanol–water partition coefficient (Wildman–Crippen LogP) is 2.41. The molecular formula is C14H16Br2N4O4. The molecule has 2 aromatic rings. The molecule has 0 saturated heterocycles. The minimum atomic E-state index is -0.931. The molecule has 0 radical (unpaired) electrons. The number of aromatic nitrogens is 2. The van der Waals surface area contributed by atoms with E-state index in [9.17, 15) is 9.59 Å². The van der Waals surface area contributed by atoms with Crippen LogP contribution in [0.2, 0.25) is 0 Å². The summed E-state index contributed by atoms with van der Waals surface area (Å²) in [6.07, 6.45) is 0.129. The van der Waals surface area contributed by atoms with E-state index in [4.69, 9.17) is 10.3 Å². The summed E-state index contributed by atoms with van der Waals surface area (Å²) in [6, 6.07) is 0. The van der Waals surface area contributed by atoms with Crippen LogP contribution in [0, 0.1) is 13.8 Å². The Morgan fingerprint density at radius 1 is 1.25 bits per heavy atom. The minimum Gasteiger partial charge on any atom is -0.481 e. The Morgan fingerprint density at radius 2 is 1.92 bits per heavy atom. The van der Waals surface area contributed by atoms with Gasteiger partial charge in [0.25, 0.3) is 5.91 Å². The van der Waals surface area contributed by atoms with Gasteiger partial charge in [-0.3, -0.25) is 19.2 Å². The van der Waals surface area contributed by atoms with Gasteiger partial charge in [-0.25, -0.2) is 10.5 Å². The van der Waals surface area contributed by atoms with Crippen molar-refractivity contribution in [3.05, 3.63) is 25.9 Å². The maximum atomic E-state index is 11.3. The second kappa shape index (κ2) is 7.49. The highest BCUT2D eigenvalue weighted by atomic mass is 79.9. The van der Waals surface area contributed by atoms with Crippen LogP contribution in [0.25, 0.3) is 5.65 Å². The molecule has 1 amide bonds. The van der Waals surface area contributed by atoms with Crippen LogP contribution >= 0.6 is 31.9 Å². The Bertz CT molecular complexity index is 819. The topological polar surface area (TPSA) is 116 Å². The van der Waals surface area contributed by atoms with E-state index in [0.717, 1.165) is 20.2 Å². The number of aliphatic carboxylic acids is 1. The van der Waals surface area contributed by atoms with Crippen molar-refractivity contribution in [2.45, 2.75) is 26.7 Å². The second-order valence-corrected chi connectivity index (χ2v) is 6.77. The number of carboxylic acid groups (broad SMARTS) is 1. The summed E-state index contributed by atoms with van der Waals surface area (Å²) in [5.74, 6) is -1.02. The number of pyridine rings is 1. The molecule has 10 heteroatoms. The number of anilines is 1. The average molecular weight is 464 g/mol. The van der Waals surface area contributed by atoms with Gasteiger partial charge in [-0.05, 0) is 51.3 Å². The lowest BCUT2D eigenvalue weighted by molar-refractivity contribution is -0.137. The Morgan fingerprint density at radius 3 is 2.50 bits per heavy atom. The number of aryl methyl sites for hydroxylation is 2. The van der Waals surface area contributed by atoms with Crippen molar-refractivity contribution in [3.8, 4) is 0 Å². The fourth-order valence-electron chi connectivity index (χ4n) is 2.36. The first-order chi connectivity index (χ1) is 11.3. The zero-order valence-corrected chi connectivity index (χ0v) is 16.2. The highest BCUT2D eigenvalue weighted by Crippen LogP contribution is 2.35. The fraction of sp³-hybridized carbons (Fsp3) is 0.357. The lowest BCUT2D eigenvalue weighted by Gasteiger charge is -2.13. The smallest absolute Gasteiger partial charge is 0.303 e. The van der Waals surface area contributed by atoms with Gasteiger partial charge in [-0.2, -0.15) is 0 Å². The second-order valence-electron chi connectivity index (χ2n) is 5.19. The Hall–Kier alpha value is -1.65. The van der Waals surface area contributed by atoms with Gasteiger partial charge in [0.2, 0.25) is 0 Å². The number of nitrogens with one attached hydrogen (secondary N) is 2. The van der Waals surface area contributed by atoms with Gasteiger partial charge in [0.1, 0.15) is 5.82 Å². The van der Waals surface area contributed by atoms with Gasteiger partial charge in [0.15, 0.2) is 5.65 Å². The fourth-order valence-corrected chi connectivity index (χ4v) is 3.46. The van der Waals surface area contributed by atoms with E-state index < -0.39 is 11.9 Å². The highest BCUT2D eigenvalue weighted by Gasteiger charge is 2.20. The molecule has 0 aliphatic heterocycles. The van der Waals surface area contributed by atoms with Crippen LogP contribution in [0.5, 0.6) is 0 Å². The van der Waals surface area contributed by atoms with Crippen molar-refractivity contribution in [2.24, 2.45) is 0 Å². The maximum Gasteiger partial charge on any atom is 0.303 e. The number of hydrogen-bond donors (Lipinski definition) is 4. The molecule has 2 rings (SSSR count). The monoisotopic (exact) mass is 462 g/mol. The number of hydroxylamine groups is 1. The number of halogens is 2. The lowest BCUT2D eigenvalue weighted by atomic mass is 10.2. The van der Waals surface area contributed by atoms with Gasteiger partial charge >= 0.3 is 5.97 Å². The van der Waals surface area contributed by atoms with E-state index in [1.165, 1.54) is 0 Å².